The van der Waals surface area contributed by atoms with Crippen LogP contribution in [0.25, 0.3) is 33.0 Å². The SMILES string of the molecule is Cc1cc(-c2nccc3cc(C(C)(C)C)ccc23)c2occc2c1. The molecule has 2 aromatic carbocycles. The highest BCUT2D eigenvalue weighted by Crippen LogP contribution is 2.35. The maximum Gasteiger partial charge on any atom is 0.143 e. The van der Waals surface area contributed by atoms with E-state index in [1.54, 1.807) is 6.26 Å². The fourth-order valence-electron chi connectivity index (χ4n) is 3.27. The number of benzene rings is 2. The Labute approximate surface area is 142 Å². The Kier molecular flexibility index (Phi) is 3.24. The molecule has 2 heteroatoms. The fourth-order valence-corrected chi connectivity index (χ4v) is 3.27. The van der Waals surface area contributed by atoms with Crippen LogP contribution in [0.3, 0.4) is 0 Å². The first-order valence-corrected chi connectivity index (χ1v) is 8.31. The molecule has 0 spiro atoms. The lowest BCUT2D eigenvalue weighted by Gasteiger charge is -2.20. The van der Waals surface area contributed by atoms with Gasteiger partial charge in [0, 0.05) is 22.5 Å². The molecule has 2 nitrogen and oxygen atoms in total. The van der Waals surface area contributed by atoms with Crippen LogP contribution in [0.2, 0.25) is 0 Å². The highest BCUT2D eigenvalue weighted by Gasteiger charge is 2.16. The Bertz CT molecular complexity index is 1050. The molecule has 0 atom stereocenters. The summed E-state index contributed by atoms with van der Waals surface area (Å²) in [5.74, 6) is 0. The van der Waals surface area contributed by atoms with Crippen molar-refractivity contribution in [1.29, 1.82) is 0 Å². The van der Waals surface area contributed by atoms with Crippen molar-refractivity contribution in [2.24, 2.45) is 0 Å². The van der Waals surface area contributed by atoms with E-state index in [9.17, 15) is 0 Å². The van der Waals surface area contributed by atoms with Gasteiger partial charge in [-0.25, -0.2) is 0 Å². The molecule has 4 rings (SSSR count). The molecule has 2 aromatic heterocycles. The molecular weight excluding hydrogens is 294 g/mol. The topological polar surface area (TPSA) is 26.0 Å². The van der Waals surface area contributed by atoms with Crippen LogP contribution in [-0.4, -0.2) is 4.98 Å². The summed E-state index contributed by atoms with van der Waals surface area (Å²) in [5, 5.41) is 3.50. The summed E-state index contributed by atoms with van der Waals surface area (Å²) < 4.78 is 5.75. The van der Waals surface area contributed by atoms with Crippen molar-refractivity contribution in [1.82, 2.24) is 4.98 Å². The van der Waals surface area contributed by atoms with Crippen molar-refractivity contribution < 1.29 is 4.42 Å². The maximum atomic E-state index is 5.75. The summed E-state index contributed by atoms with van der Waals surface area (Å²) in [6, 6.07) is 15.1. The highest BCUT2D eigenvalue weighted by molar-refractivity contribution is 6.02. The second-order valence-electron chi connectivity index (χ2n) is 7.50. The zero-order chi connectivity index (χ0) is 16.9. The van der Waals surface area contributed by atoms with E-state index in [4.69, 9.17) is 4.42 Å². The van der Waals surface area contributed by atoms with E-state index in [-0.39, 0.29) is 5.41 Å². The predicted molar refractivity (Wildman–Crippen MR) is 100 cm³/mol. The first-order chi connectivity index (χ1) is 11.4. The van der Waals surface area contributed by atoms with Crippen LogP contribution in [-0.2, 0) is 5.41 Å². The molecule has 0 fully saturated rings. The van der Waals surface area contributed by atoms with Gasteiger partial charge < -0.3 is 4.42 Å². The van der Waals surface area contributed by atoms with E-state index in [1.165, 1.54) is 16.5 Å². The second-order valence-corrected chi connectivity index (χ2v) is 7.50. The van der Waals surface area contributed by atoms with Crippen molar-refractivity contribution in [3.8, 4) is 11.3 Å². The molecule has 0 radical (unpaired) electrons. The average molecular weight is 315 g/mol. The first-order valence-electron chi connectivity index (χ1n) is 8.31. The normalized spacial score (nSPS) is 12.2. The molecular formula is C22H21NO. The van der Waals surface area contributed by atoms with E-state index in [2.05, 4.69) is 69.1 Å². The number of aromatic nitrogens is 1. The quantitative estimate of drug-likeness (QED) is 0.414. The second kappa shape index (κ2) is 5.20. The minimum Gasteiger partial charge on any atom is -0.464 e. The number of hydrogen-bond acceptors (Lipinski definition) is 2. The van der Waals surface area contributed by atoms with Gasteiger partial charge >= 0.3 is 0 Å². The predicted octanol–water partition coefficient (Wildman–Crippen LogP) is 6.25. The molecule has 0 saturated heterocycles. The summed E-state index contributed by atoms with van der Waals surface area (Å²) in [6.07, 6.45) is 3.64. The van der Waals surface area contributed by atoms with Crippen LogP contribution in [0.5, 0.6) is 0 Å². The van der Waals surface area contributed by atoms with Gasteiger partial charge in [-0.3, -0.25) is 4.98 Å². The highest BCUT2D eigenvalue weighted by atomic mass is 16.3. The number of nitrogens with zero attached hydrogens (tertiary/aromatic N) is 1. The van der Waals surface area contributed by atoms with E-state index in [1.807, 2.05) is 12.3 Å². The van der Waals surface area contributed by atoms with Crippen LogP contribution >= 0.6 is 0 Å². The van der Waals surface area contributed by atoms with E-state index in [0.29, 0.717) is 0 Å². The summed E-state index contributed by atoms with van der Waals surface area (Å²) in [7, 11) is 0. The van der Waals surface area contributed by atoms with E-state index < -0.39 is 0 Å². The molecule has 120 valence electrons. The van der Waals surface area contributed by atoms with Crippen molar-refractivity contribution >= 4 is 21.7 Å². The van der Waals surface area contributed by atoms with Gasteiger partial charge in [0.1, 0.15) is 5.58 Å². The Hall–Kier alpha value is -2.61. The molecule has 0 aliphatic rings. The van der Waals surface area contributed by atoms with Gasteiger partial charge in [0.25, 0.3) is 0 Å². The molecule has 0 amide bonds. The minimum atomic E-state index is 0.134. The van der Waals surface area contributed by atoms with Crippen molar-refractivity contribution in [2.75, 3.05) is 0 Å². The van der Waals surface area contributed by atoms with Crippen LogP contribution in [0.4, 0.5) is 0 Å². The van der Waals surface area contributed by atoms with Gasteiger partial charge in [0.2, 0.25) is 0 Å². The van der Waals surface area contributed by atoms with Gasteiger partial charge in [0.05, 0.1) is 12.0 Å². The van der Waals surface area contributed by atoms with Crippen LogP contribution in [0.1, 0.15) is 31.9 Å². The minimum absolute atomic E-state index is 0.134. The summed E-state index contributed by atoms with van der Waals surface area (Å²) in [6.45, 7) is 8.83. The lowest BCUT2D eigenvalue weighted by molar-refractivity contribution is 0.591. The molecule has 0 saturated carbocycles. The molecule has 0 N–H and O–H groups in total. The van der Waals surface area contributed by atoms with E-state index in [0.717, 1.165) is 27.6 Å². The molecule has 0 aliphatic heterocycles. The number of fused-ring (bicyclic) bond motifs is 2. The lowest BCUT2D eigenvalue weighted by Crippen LogP contribution is -2.10. The van der Waals surface area contributed by atoms with Gasteiger partial charge in [-0.1, -0.05) is 39.0 Å². The Morgan fingerprint density at radius 1 is 0.917 bits per heavy atom. The molecule has 4 aromatic rings. The smallest absolute Gasteiger partial charge is 0.143 e. The van der Waals surface area contributed by atoms with Crippen LogP contribution in [0, 0.1) is 6.92 Å². The third-order valence-electron chi connectivity index (χ3n) is 4.58. The maximum absolute atomic E-state index is 5.75. The number of furan rings is 1. The zero-order valence-corrected chi connectivity index (χ0v) is 14.6. The van der Waals surface area contributed by atoms with Crippen LogP contribution in [0.15, 0.2) is 59.3 Å². The van der Waals surface area contributed by atoms with Crippen LogP contribution < -0.4 is 0 Å². The monoisotopic (exact) mass is 315 g/mol. The largest absolute Gasteiger partial charge is 0.464 e. The standard InChI is InChI=1S/C22H21NO/c1-14-11-16-8-10-24-21(16)19(12-14)20-18-6-5-17(22(2,3)4)13-15(18)7-9-23-20/h5-13H,1-4H3. The molecule has 2 heterocycles. The van der Waals surface area contributed by atoms with Gasteiger partial charge in [0.15, 0.2) is 0 Å². The summed E-state index contributed by atoms with van der Waals surface area (Å²) in [4.78, 5) is 4.68. The Balaban J connectivity index is 2.01. The number of hydrogen-bond donors (Lipinski definition) is 0. The van der Waals surface area contributed by atoms with E-state index >= 15 is 0 Å². The fraction of sp³-hybridized carbons (Fsp3) is 0.227. The first kappa shape index (κ1) is 14.9. The Morgan fingerprint density at radius 2 is 1.75 bits per heavy atom. The molecule has 0 unspecified atom stereocenters. The number of pyridine rings is 1. The third-order valence-corrected chi connectivity index (χ3v) is 4.58. The molecule has 0 aliphatic carbocycles. The molecule has 24 heavy (non-hydrogen) atoms. The third kappa shape index (κ3) is 2.39. The number of aryl methyl sites for hydroxylation is 1. The van der Waals surface area contributed by atoms with Crippen molar-refractivity contribution in [3.63, 3.8) is 0 Å². The molecule has 0 bridgehead atoms. The van der Waals surface area contributed by atoms with Gasteiger partial charge in [-0.15, -0.1) is 0 Å². The average Bonchev–Trinajstić information content (AvgIpc) is 3.00. The van der Waals surface area contributed by atoms with Gasteiger partial charge in [-0.2, -0.15) is 0 Å². The van der Waals surface area contributed by atoms with Gasteiger partial charge in [-0.05, 0) is 53.1 Å². The van der Waals surface area contributed by atoms with Crippen molar-refractivity contribution in [3.05, 3.63) is 66.1 Å². The summed E-state index contributed by atoms with van der Waals surface area (Å²) in [5.41, 5.74) is 5.62. The zero-order valence-electron chi connectivity index (χ0n) is 14.6. The summed E-state index contributed by atoms with van der Waals surface area (Å²) >= 11 is 0. The lowest BCUT2D eigenvalue weighted by atomic mass is 9.85. The van der Waals surface area contributed by atoms with Crippen molar-refractivity contribution in [2.45, 2.75) is 33.1 Å². The Morgan fingerprint density at radius 3 is 2.54 bits per heavy atom. The number of rotatable bonds is 1.